The topological polar surface area (TPSA) is 64.6 Å². The van der Waals surface area contributed by atoms with Crippen molar-refractivity contribution in [2.45, 2.75) is 157 Å². The molecule has 3 aliphatic heterocycles. The molecule has 0 saturated carbocycles. The standard InChI is InChI=1S/C33H62BO7P/c1-12-16-17-18-35-31-21(7)19(5)29(26(14-3)37-31)39-32-22(8)20(6)30(27(15-4)38-32)40-33-24(10)28(41-34(11)42)23(9)25(13-2)36-33/h12,19-33H,1,13-18,42H2,2-11H3/t19-,20-,21?,22?,23+,24?,25?,26?,27?,28+,29-,30-,31-,32+,33+/m1/s1. The molecule has 7 unspecified atom stereocenters. The van der Waals surface area contributed by atoms with E-state index in [9.17, 15) is 0 Å². The lowest BCUT2D eigenvalue weighted by Crippen LogP contribution is -2.58. The lowest BCUT2D eigenvalue weighted by atomic mass is 9.81. The van der Waals surface area contributed by atoms with Crippen LogP contribution in [-0.2, 0) is 33.1 Å². The first-order valence-corrected chi connectivity index (χ1v) is 17.6. The molecule has 3 rings (SSSR count). The van der Waals surface area contributed by atoms with Crippen LogP contribution in [0.2, 0.25) is 6.82 Å². The van der Waals surface area contributed by atoms with Gasteiger partial charge < -0.3 is 33.1 Å². The molecule has 9 heteroatoms. The van der Waals surface area contributed by atoms with Gasteiger partial charge in [0.2, 0.25) is 0 Å². The molecule has 0 aliphatic carbocycles. The van der Waals surface area contributed by atoms with E-state index in [1.807, 2.05) is 6.08 Å². The van der Waals surface area contributed by atoms with E-state index in [4.69, 9.17) is 33.1 Å². The average Bonchev–Trinajstić information content (AvgIpc) is 2.97. The van der Waals surface area contributed by atoms with E-state index < -0.39 is 0 Å². The maximum atomic E-state index is 6.87. The lowest BCUT2D eigenvalue weighted by Gasteiger charge is -2.51. The smallest absolute Gasteiger partial charge is 0.312 e. The fourth-order valence-corrected chi connectivity index (χ4v) is 7.25. The van der Waals surface area contributed by atoms with Crippen molar-refractivity contribution in [3.8, 4) is 0 Å². The third-order valence-electron chi connectivity index (χ3n) is 10.3. The predicted octanol–water partition coefficient (Wildman–Crippen LogP) is 7.34. The molecule has 0 spiro atoms. The summed E-state index contributed by atoms with van der Waals surface area (Å²) in [6, 6.07) is 0. The van der Waals surface area contributed by atoms with E-state index in [1.165, 1.54) is 0 Å². The molecule has 0 aromatic carbocycles. The molecule has 3 aliphatic rings. The van der Waals surface area contributed by atoms with E-state index in [0.717, 1.165) is 32.1 Å². The first-order chi connectivity index (χ1) is 20.0. The van der Waals surface area contributed by atoms with Crippen molar-refractivity contribution in [2.75, 3.05) is 6.61 Å². The Morgan fingerprint density at radius 1 is 0.667 bits per heavy atom. The van der Waals surface area contributed by atoms with E-state index in [1.54, 1.807) is 0 Å². The third kappa shape index (κ3) is 8.60. The van der Waals surface area contributed by atoms with Crippen LogP contribution in [0.15, 0.2) is 12.7 Å². The van der Waals surface area contributed by atoms with Crippen LogP contribution < -0.4 is 0 Å². The third-order valence-corrected chi connectivity index (χ3v) is 10.4. The highest BCUT2D eigenvalue weighted by Gasteiger charge is 2.50. The van der Waals surface area contributed by atoms with Gasteiger partial charge in [-0.2, -0.15) is 0 Å². The molecular weight excluding hydrogens is 550 g/mol. The fourth-order valence-electron chi connectivity index (χ4n) is 7.07. The second-order valence-corrected chi connectivity index (χ2v) is 14.3. The first-order valence-electron chi connectivity index (χ1n) is 16.9. The maximum Gasteiger partial charge on any atom is 0.312 e. The van der Waals surface area contributed by atoms with Crippen molar-refractivity contribution in [3.63, 3.8) is 0 Å². The highest BCUT2D eigenvalue weighted by atomic mass is 31.0. The Labute approximate surface area is 260 Å². The molecule has 0 radical (unpaired) electrons. The van der Waals surface area contributed by atoms with Crippen LogP contribution in [0.25, 0.3) is 0 Å². The number of unbranched alkanes of at least 4 members (excludes halogenated alkanes) is 1. The summed E-state index contributed by atoms with van der Waals surface area (Å²) in [6.45, 7) is 26.6. The predicted molar refractivity (Wildman–Crippen MR) is 173 cm³/mol. The minimum Gasteiger partial charge on any atom is -0.428 e. The van der Waals surface area contributed by atoms with E-state index in [0.29, 0.717) is 12.5 Å². The number of allylic oxidation sites excluding steroid dienone is 1. The maximum absolute atomic E-state index is 6.87. The van der Waals surface area contributed by atoms with Gasteiger partial charge in [-0.15, -0.1) is 15.7 Å². The van der Waals surface area contributed by atoms with Crippen LogP contribution in [-0.4, -0.2) is 68.7 Å². The Hall–Kier alpha value is -0.0451. The number of hydrogen-bond donors (Lipinski definition) is 0. The van der Waals surface area contributed by atoms with E-state index in [-0.39, 0.29) is 91.7 Å². The molecule has 0 aromatic rings. The van der Waals surface area contributed by atoms with Crippen LogP contribution in [0, 0.1) is 35.5 Å². The van der Waals surface area contributed by atoms with Gasteiger partial charge in [-0.1, -0.05) is 75.2 Å². The largest absolute Gasteiger partial charge is 0.428 e. The zero-order valence-corrected chi connectivity index (χ0v) is 29.4. The zero-order valence-electron chi connectivity index (χ0n) is 28.2. The summed E-state index contributed by atoms with van der Waals surface area (Å²) in [5, 5.41) is 0. The Balaban J connectivity index is 1.69. The minimum atomic E-state index is -0.338. The van der Waals surface area contributed by atoms with Crippen molar-refractivity contribution in [1.82, 2.24) is 0 Å². The summed E-state index contributed by atoms with van der Waals surface area (Å²) in [5.41, 5.74) is 0. The molecule has 244 valence electrons. The molecule has 3 heterocycles. The molecule has 0 aromatic heterocycles. The lowest BCUT2D eigenvalue weighted by molar-refractivity contribution is -0.349. The highest BCUT2D eigenvalue weighted by Crippen LogP contribution is 2.42. The van der Waals surface area contributed by atoms with Crippen molar-refractivity contribution in [3.05, 3.63) is 12.7 Å². The Kier molecular flexibility index (Phi) is 14.8. The molecular formula is C33H62BO7P. The summed E-state index contributed by atoms with van der Waals surface area (Å²) in [5.74, 6) is 1.27. The van der Waals surface area contributed by atoms with Crippen molar-refractivity contribution in [2.24, 2.45) is 35.5 Å². The molecule has 3 fully saturated rings. The zero-order chi connectivity index (χ0) is 31.1. The SMILES string of the molecule is C=CCCCO[C@@H]1OC(CC)[C@H](O[C@@H]2OC(CC)[C@H](O[C@@H]3OC(CC)[C@H](C)[C@H](OB(C)P)C3C)[C@H](C)C2C)[C@H](C)C1C. The molecule has 0 N–H and O–H groups in total. The fraction of sp³-hybridized carbons (Fsp3) is 0.939. The van der Waals surface area contributed by atoms with Crippen LogP contribution in [0.1, 0.15) is 94.4 Å². The van der Waals surface area contributed by atoms with Crippen molar-refractivity contribution in [1.29, 1.82) is 0 Å². The van der Waals surface area contributed by atoms with Crippen molar-refractivity contribution >= 4 is 15.8 Å². The van der Waals surface area contributed by atoms with Crippen molar-refractivity contribution < 1.29 is 33.1 Å². The summed E-state index contributed by atoms with van der Waals surface area (Å²) >= 11 is 0. The molecule has 16 atom stereocenters. The van der Waals surface area contributed by atoms with E-state index in [2.05, 4.69) is 84.8 Å². The van der Waals surface area contributed by atoms with Crippen LogP contribution in [0.4, 0.5) is 0 Å². The van der Waals surface area contributed by atoms with Crippen LogP contribution >= 0.6 is 9.12 Å². The van der Waals surface area contributed by atoms with Gasteiger partial charge in [0, 0.05) is 23.7 Å². The molecule has 0 bridgehead atoms. The number of rotatable bonds is 14. The molecule has 42 heavy (non-hydrogen) atoms. The minimum absolute atomic E-state index is 0.0405. The van der Waals surface area contributed by atoms with Gasteiger partial charge in [-0.05, 0) is 43.9 Å². The highest BCUT2D eigenvalue weighted by molar-refractivity contribution is 7.60. The van der Waals surface area contributed by atoms with Gasteiger partial charge in [-0.3, -0.25) is 0 Å². The molecule has 7 nitrogen and oxygen atoms in total. The average molecular weight is 613 g/mol. The monoisotopic (exact) mass is 612 g/mol. The van der Waals surface area contributed by atoms with E-state index >= 15 is 0 Å². The van der Waals surface area contributed by atoms with Gasteiger partial charge in [-0.25, -0.2) is 0 Å². The summed E-state index contributed by atoms with van der Waals surface area (Å²) < 4.78 is 46.1. The molecule has 3 saturated heterocycles. The van der Waals surface area contributed by atoms with Gasteiger partial charge in [0.15, 0.2) is 18.9 Å². The summed E-state index contributed by atoms with van der Waals surface area (Å²) in [7, 11) is 2.77. The normalized spacial score (nSPS) is 44.6. The molecule has 0 amide bonds. The summed E-state index contributed by atoms with van der Waals surface area (Å²) in [4.78, 5) is 0. The second kappa shape index (κ2) is 17.0. The van der Waals surface area contributed by atoms with Gasteiger partial charge in [0.1, 0.15) is 0 Å². The van der Waals surface area contributed by atoms with Crippen LogP contribution in [0.5, 0.6) is 0 Å². The Morgan fingerprint density at radius 3 is 1.64 bits per heavy atom. The van der Waals surface area contributed by atoms with Gasteiger partial charge in [0.25, 0.3) is 0 Å². The summed E-state index contributed by atoms with van der Waals surface area (Å²) in [6.07, 6.45) is 5.49. The Bertz CT molecular complexity index is 800. The first kappa shape index (κ1) is 36.4. The number of hydrogen-bond acceptors (Lipinski definition) is 7. The Morgan fingerprint density at radius 2 is 1.14 bits per heavy atom. The quantitative estimate of drug-likeness (QED) is 0.0881. The van der Waals surface area contributed by atoms with Crippen LogP contribution in [0.3, 0.4) is 0 Å². The van der Waals surface area contributed by atoms with Gasteiger partial charge >= 0.3 is 6.64 Å². The second-order valence-electron chi connectivity index (χ2n) is 13.3. The number of ether oxygens (including phenoxy) is 6. The van der Waals surface area contributed by atoms with Gasteiger partial charge in [0.05, 0.1) is 43.2 Å².